The second kappa shape index (κ2) is 19.4. The van der Waals surface area contributed by atoms with Crippen LogP contribution < -0.4 is 11.3 Å². The first-order valence-corrected chi connectivity index (χ1v) is 11.8. The average molecular weight is 367 g/mol. The highest BCUT2D eigenvalue weighted by Gasteiger charge is 2.22. The molecular formula is C24H50N2. The summed E-state index contributed by atoms with van der Waals surface area (Å²) in [5.41, 5.74) is 3.36. The molecule has 0 radical (unpaired) electrons. The Morgan fingerprint density at radius 3 is 1.50 bits per heavy atom. The lowest BCUT2D eigenvalue weighted by molar-refractivity contribution is 0.220. The molecule has 156 valence electrons. The van der Waals surface area contributed by atoms with Gasteiger partial charge in [0.2, 0.25) is 0 Å². The molecule has 0 atom stereocenters. The molecule has 0 unspecified atom stereocenters. The Labute approximate surface area is 165 Å². The lowest BCUT2D eigenvalue weighted by Crippen LogP contribution is -2.22. The monoisotopic (exact) mass is 366 g/mol. The number of hydrazine groups is 1. The maximum absolute atomic E-state index is 5.26. The molecular weight excluding hydrogens is 316 g/mol. The van der Waals surface area contributed by atoms with Gasteiger partial charge in [0.1, 0.15) is 0 Å². The van der Waals surface area contributed by atoms with Gasteiger partial charge in [0.15, 0.2) is 0 Å². The lowest BCUT2D eigenvalue weighted by atomic mass is 9.75. The Hall–Kier alpha value is -0.340. The van der Waals surface area contributed by atoms with Crippen molar-refractivity contribution in [2.24, 2.45) is 11.3 Å². The summed E-state index contributed by atoms with van der Waals surface area (Å²) in [4.78, 5) is 0. The van der Waals surface area contributed by atoms with Gasteiger partial charge in [0, 0.05) is 6.54 Å². The highest BCUT2D eigenvalue weighted by atomic mass is 15.2. The molecule has 2 nitrogen and oxygen atoms in total. The molecule has 0 aliphatic heterocycles. The second-order valence-corrected chi connectivity index (χ2v) is 8.20. The van der Waals surface area contributed by atoms with Crippen LogP contribution in [0.2, 0.25) is 0 Å². The number of hydrogen-bond donors (Lipinski definition) is 2. The Morgan fingerprint density at radius 2 is 1.04 bits per heavy atom. The van der Waals surface area contributed by atoms with Crippen molar-refractivity contribution >= 4 is 0 Å². The van der Waals surface area contributed by atoms with Gasteiger partial charge in [-0.3, -0.25) is 11.3 Å². The smallest absolute Gasteiger partial charge is 0.00974 e. The summed E-state index contributed by atoms with van der Waals surface area (Å²) in [6, 6.07) is 0. The van der Waals surface area contributed by atoms with Crippen LogP contribution in [-0.2, 0) is 0 Å². The Morgan fingerprint density at radius 1 is 0.615 bits per heavy atom. The fourth-order valence-corrected chi connectivity index (χ4v) is 4.00. The predicted octanol–water partition coefficient (Wildman–Crippen LogP) is 7.68. The van der Waals surface area contributed by atoms with Crippen LogP contribution in [0.3, 0.4) is 0 Å². The van der Waals surface area contributed by atoms with Gasteiger partial charge in [0.25, 0.3) is 0 Å². The van der Waals surface area contributed by atoms with Crippen LogP contribution in [0.25, 0.3) is 0 Å². The van der Waals surface area contributed by atoms with E-state index in [1.54, 1.807) is 0 Å². The molecule has 0 aromatic rings. The van der Waals surface area contributed by atoms with E-state index in [0.717, 1.165) is 6.54 Å². The minimum Gasteiger partial charge on any atom is -0.271 e. The van der Waals surface area contributed by atoms with Crippen LogP contribution in [-0.4, -0.2) is 6.54 Å². The average Bonchev–Trinajstić information content (AvgIpc) is 2.68. The summed E-state index contributed by atoms with van der Waals surface area (Å²) >= 11 is 0. The third kappa shape index (κ3) is 14.8. The van der Waals surface area contributed by atoms with Crippen molar-refractivity contribution in [3.63, 3.8) is 0 Å². The zero-order valence-corrected chi connectivity index (χ0v) is 18.5. The zero-order chi connectivity index (χ0) is 19.3. The summed E-state index contributed by atoms with van der Waals surface area (Å²) in [5, 5.41) is 0. The number of nitrogens with one attached hydrogen (secondary N) is 1. The molecule has 0 aromatic heterocycles. The Balaban J connectivity index is 3.31. The van der Waals surface area contributed by atoms with E-state index in [2.05, 4.69) is 38.3 Å². The second-order valence-electron chi connectivity index (χ2n) is 8.20. The third-order valence-electron chi connectivity index (χ3n) is 6.44. The van der Waals surface area contributed by atoms with Crippen LogP contribution >= 0.6 is 0 Å². The molecule has 0 aliphatic carbocycles. The first-order chi connectivity index (χ1) is 12.7. The van der Waals surface area contributed by atoms with Crippen LogP contribution in [0.4, 0.5) is 0 Å². The Kier molecular flexibility index (Phi) is 19.2. The fourth-order valence-electron chi connectivity index (χ4n) is 4.00. The molecule has 0 aromatic carbocycles. The maximum atomic E-state index is 5.26. The van der Waals surface area contributed by atoms with Gasteiger partial charge in [-0.1, -0.05) is 104 Å². The van der Waals surface area contributed by atoms with Gasteiger partial charge >= 0.3 is 0 Å². The van der Waals surface area contributed by atoms with E-state index in [-0.39, 0.29) is 0 Å². The highest BCUT2D eigenvalue weighted by molar-refractivity contribution is 4.81. The molecule has 2 heteroatoms. The van der Waals surface area contributed by atoms with E-state index < -0.39 is 0 Å². The lowest BCUT2D eigenvalue weighted by Gasteiger charge is -2.30. The van der Waals surface area contributed by atoms with Crippen molar-refractivity contribution < 1.29 is 0 Å². The first-order valence-electron chi connectivity index (χ1n) is 11.8. The fraction of sp³-hybridized carbons (Fsp3) is 0.917. The van der Waals surface area contributed by atoms with Gasteiger partial charge in [-0.25, -0.2) is 0 Å². The van der Waals surface area contributed by atoms with Crippen LogP contribution in [0.15, 0.2) is 12.2 Å². The molecule has 0 heterocycles. The highest BCUT2D eigenvalue weighted by Crippen LogP contribution is 2.36. The van der Waals surface area contributed by atoms with Gasteiger partial charge in [-0.15, -0.1) is 0 Å². The summed E-state index contributed by atoms with van der Waals surface area (Å²) in [5.74, 6) is 5.26. The van der Waals surface area contributed by atoms with Gasteiger partial charge in [-0.05, 0) is 43.9 Å². The zero-order valence-electron chi connectivity index (χ0n) is 18.5. The van der Waals surface area contributed by atoms with E-state index in [0.29, 0.717) is 5.41 Å². The summed E-state index contributed by atoms with van der Waals surface area (Å²) < 4.78 is 0. The third-order valence-corrected chi connectivity index (χ3v) is 6.44. The molecule has 26 heavy (non-hydrogen) atoms. The van der Waals surface area contributed by atoms with E-state index in [4.69, 9.17) is 5.84 Å². The maximum Gasteiger partial charge on any atom is 0.00974 e. The summed E-state index contributed by atoms with van der Waals surface area (Å²) in [6.45, 7) is 8.08. The molecule has 0 rings (SSSR count). The number of rotatable bonds is 20. The molecule has 0 saturated heterocycles. The Bertz CT molecular complexity index is 286. The number of hydrogen-bond acceptors (Lipinski definition) is 2. The minimum absolute atomic E-state index is 0.643. The molecule has 3 N–H and O–H groups in total. The largest absolute Gasteiger partial charge is 0.271 e. The molecule has 0 saturated carbocycles. The van der Waals surface area contributed by atoms with E-state index in [9.17, 15) is 0 Å². The first kappa shape index (κ1) is 25.7. The molecule has 0 amide bonds. The van der Waals surface area contributed by atoms with Gasteiger partial charge < -0.3 is 0 Å². The summed E-state index contributed by atoms with van der Waals surface area (Å²) in [7, 11) is 0. The SMILES string of the molecule is CCC(CC)(CC)CCCCCCCC=CCCCCCCCCNN. The van der Waals surface area contributed by atoms with Crippen LogP contribution in [0.1, 0.15) is 130 Å². The standard InChI is InChI=1S/C24H50N2/c1-4-24(5-2,6-3)22-20-18-16-14-12-10-8-7-9-11-13-15-17-19-21-23-26-25/h7-8,26H,4-6,9-23,25H2,1-3H3. The molecule has 0 bridgehead atoms. The van der Waals surface area contributed by atoms with Gasteiger partial charge in [0.05, 0.1) is 0 Å². The van der Waals surface area contributed by atoms with E-state index in [1.165, 1.54) is 109 Å². The van der Waals surface area contributed by atoms with Crippen molar-refractivity contribution in [2.45, 2.75) is 130 Å². The summed E-state index contributed by atoms with van der Waals surface area (Å²) in [6.07, 6.45) is 28.0. The number of nitrogens with two attached hydrogens (primary N) is 1. The quantitative estimate of drug-likeness (QED) is 0.100. The van der Waals surface area contributed by atoms with Gasteiger partial charge in [-0.2, -0.15) is 0 Å². The number of unbranched alkanes of at least 4 members (excludes halogenated alkanes) is 11. The van der Waals surface area contributed by atoms with Crippen molar-refractivity contribution in [1.29, 1.82) is 0 Å². The molecule has 0 aliphatic rings. The van der Waals surface area contributed by atoms with Crippen LogP contribution in [0.5, 0.6) is 0 Å². The van der Waals surface area contributed by atoms with E-state index in [1.807, 2.05) is 0 Å². The normalized spacial score (nSPS) is 12.3. The predicted molar refractivity (Wildman–Crippen MR) is 119 cm³/mol. The molecule has 0 spiro atoms. The molecule has 0 fully saturated rings. The van der Waals surface area contributed by atoms with Crippen molar-refractivity contribution in [1.82, 2.24) is 5.43 Å². The van der Waals surface area contributed by atoms with Crippen LogP contribution in [0, 0.1) is 5.41 Å². The number of allylic oxidation sites excluding steroid dienone is 2. The minimum atomic E-state index is 0.643. The van der Waals surface area contributed by atoms with Crippen molar-refractivity contribution in [3.8, 4) is 0 Å². The van der Waals surface area contributed by atoms with Crippen molar-refractivity contribution in [3.05, 3.63) is 12.2 Å². The topological polar surface area (TPSA) is 38.0 Å². The van der Waals surface area contributed by atoms with E-state index >= 15 is 0 Å². The van der Waals surface area contributed by atoms with Crippen molar-refractivity contribution in [2.75, 3.05) is 6.54 Å².